The van der Waals surface area contributed by atoms with Gasteiger partial charge in [0, 0.05) is 12.6 Å². The molecule has 0 bridgehead atoms. The van der Waals surface area contributed by atoms with E-state index in [0.717, 1.165) is 18.1 Å². The van der Waals surface area contributed by atoms with Gasteiger partial charge >= 0.3 is 5.97 Å². The minimum absolute atomic E-state index is 0.342. The molecule has 1 aromatic rings. The molecule has 0 fully saturated rings. The Kier molecular flexibility index (Phi) is 6.28. The lowest BCUT2D eigenvalue weighted by atomic mass is 10.2. The Morgan fingerprint density at radius 1 is 1.37 bits per heavy atom. The molecular formula is C14H24N2O2S. The number of hydrogen-bond donors (Lipinski definition) is 1. The summed E-state index contributed by atoms with van der Waals surface area (Å²) in [6.07, 6.45) is 4.17. The quantitative estimate of drug-likeness (QED) is 0.738. The zero-order valence-electron chi connectivity index (χ0n) is 12.3. The van der Waals surface area contributed by atoms with Crippen LogP contribution in [0.3, 0.4) is 0 Å². The van der Waals surface area contributed by atoms with Crippen molar-refractivity contribution in [1.29, 1.82) is 0 Å². The van der Waals surface area contributed by atoms with Crippen molar-refractivity contribution in [3.63, 3.8) is 0 Å². The average molecular weight is 284 g/mol. The topological polar surface area (TPSA) is 53.4 Å². The molecule has 5 heteroatoms. The van der Waals surface area contributed by atoms with Crippen LogP contribution in [-0.4, -0.2) is 28.6 Å². The van der Waals surface area contributed by atoms with Crippen molar-refractivity contribution in [2.24, 2.45) is 0 Å². The Morgan fingerprint density at radius 3 is 2.47 bits per heavy atom. The number of anilines is 1. The lowest BCUT2D eigenvalue weighted by Gasteiger charge is -2.26. The summed E-state index contributed by atoms with van der Waals surface area (Å²) in [6, 6.07) is 0.342. The Bertz CT molecular complexity index is 416. The number of aryl methyl sites for hydroxylation is 1. The number of rotatable bonds is 8. The molecule has 0 atom stereocenters. The van der Waals surface area contributed by atoms with Crippen LogP contribution < -0.4 is 4.90 Å². The van der Waals surface area contributed by atoms with Gasteiger partial charge in [0.2, 0.25) is 0 Å². The highest BCUT2D eigenvalue weighted by molar-refractivity contribution is 7.17. The van der Waals surface area contributed by atoms with Crippen LogP contribution in [-0.2, 0) is 6.42 Å². The fourth-order valence-electron chi connectivity index (χ4n) is 1.98. The molecule has 0 unspecified atom stereocenters. The molecular weight excluding hydrogens is 260 g/mol. The summed E-state index contributed by atoms with van der Waals surface area (Å²) >= 11 is 1.30. The second-order valence-electron chi connectivity index (χ2n) is 4.93. The van der Waals surface area contributed by atoms with E-state index < -0.39 is 5.97 Å². The van der Waals surface area contributed by atoms with E-state index in [2.05, 4.69) is 30.7 Å². The molecule has 0 radical (unpaired) electrons. The molecule has 19 heavy (non-hydrogen) atoms. The molecule has 0 aliphatic carbocycles. The Hall–Kier alpha value is -1.10. The van der Waals surface area contributed by atoms with Gasteiger partial charge in [0.25, 0.3) is 0 Å². The third-order valence-corrected chi connectivity index (χ3v) is 4.21. The standard InChI is InChI=1S/C14H24N2O2S/c1-5-7-8-9-16(10(3)4)14-15-11(6-2)12(19-14)13(17)18/h10H,5-9H2,1-4H3,(H,17,18). The molecule has 0 aliphatic heterocycles. The Labute approximate surface area is 119 Å². The van der Waals surface area contributed by atoms with E-state index >= 15 is 0 Å². The van der Waals surface area contributed by atoms with Gasteiger partial charge in [-0.1, -0.05) is 38.0 Å². The molecule has 0 saturated heterocycles. The zero-order chi connectivity index (χ0) is 14.4. The molecule has 1 rings (SSSR count). The van der Waals surface area contributed by atoms with Crippen molar-refractivity contribution in [1.82, 2.24) is 4.98 Å². The van der Waals surface area contributed by atoms with Crippen molar-refractivity contribution in [2.45, 2.75) is 59.4 Å². The highest BCUT2D eigenvalue weighted by Gasteiger charge is 2.20. The SMILES string of the molecule is CCCCCN(c1nc(CC)c(C(=O)O)s1)C(C)C. The maximum atomic E-state index is 11.2. The molecule has 1 aromatic heterocycles. The summed E-state index contributed by atoms with van der Waals surface area (Å²) < 4.78 is 0. The van der Waals surface area contributed by atoms with Crippen molar-refractivity contribution < 1.29 is 9.90 Å². The van der Waals surface area contributed by atoms with Gasteiger partial charge in [-0.2, -0.15) is 0 Å². The van der Waals surface area contributed by atoms with Crippen LogP contribution in [0.5, 0.6) is 0 Å². The fraction of sp³-hybridized carbons (Fsp3) is 0.714. The van der Waals surface area contributed by atoms with Crippen LogP contribution in [0.1, 0.15) is 62.3 Å². The maximum Gasteiger partial charge on any atom is 0.347 e. The first-order valence-corrected chi connectivity index (χ1v) is 7.82. The number of thiazole rings is 1. The molecule has 0 aromatic carbocycles. The Morgan fingerprint density at radius 2 is 2.05 bits per heavy atom. The number of carboxylic acid groups (broad SMARTS) is 1. The highest BCUT2D eigenvalue weighted by Crippen LogP contribution is 2.28. The van der Waals surface area contributed by atoms with Gasteiger partial charge in [-0.25, -0.2) is 9.78 Å². The van der Waals surface area contributed by atoms with E-state index in [1.54, 1.807) is 0 Å². The molecule has 1 N–H and O–H groups in total. The lowest BCUT2D eigenvalue weighted by Crippen LogP contribution is -2.31. The first kappa shape index (κ1) is 16.0. The molecule has 1 heterocycles. The van der Waals surface area contributed by atoms with Crippen LogP contribution in [0.4, 0.5) is 5.13 Å². The summed E-state index contributed by atoms with van der Waals surface area (Å²) in [5, 5.41) is 10.0. The fourth-order valence-corrected chi connectivity index (χ4v) is 3.13. The first-order chi connectivity index (χ1) is 9.01. The van der Waals surface area contributed by atoms with E-state index in [1.807, 2.05) is 6.92 Å². The van der Waals surface area contributed by atoms with Gasteiger partial charge in [0.15, 0.2) is 5.13 Å². The number of unbranched alkanes of at least 4 members (excludes halogenated alkanes) is 2. The van der Waals surface area contributed by atoms with Crippen molar-refractivity contribution in [2.75, 3.05) is 11.4 Å². The Balaban J connectivity index is 2.93. The van der Waals surface area contributed by atoms with Gasteiger partial charge in [-0.3, -0.25) is 0 Å². The lowest BCUT2D eigenvalue weighted by molar-refractivity contribution is 0.0701. The van der Waals surface area contributed by atoms with Gasteiger partial charge in [0.05, 0.1) is 5.69 Å². The smallest absolute Gasteiger partial charge is 0.347 e. The van der Waals surface area contributed by atoms with Crippen molar-refractivity contribution in [3.05, 3.63) is 10.6 Å². The summed E-state index contributed by atoms with van der Waals surface area (Å²) in [5.74, 6) is -0.863. The van der Waals surface area contributed by atoms with Crippen LogP contribution in [0.15, 0.2) is 0 Å². The minimum Gasteiger partial charge on any atom is -0.477 e. The van der Waals surface area contributed by atoms with Gasteiger partial charge in [-0.15, -0.1) is 0 Å². The highest BCUT2D eigenvalue weighted by atomic mass is 32.1. The molecule has 0 spiro atoms. The van der Waals surface area contributed by atoms with Crippen LogP contribution in [0, 0.1) is 0 Å². The normalized spacial score (nSPS) is 11.0. The maximum absolute atomic E-state index is 11.2. The predicted molar refractivity (Wildman–Crippen MR) is 80.5 cm³/mol. The largest absolute Gasteiger partial charge is 0.477 e. The van der Waals surface area contributed by atoms with Gasteiger partial charge in [0.1, 0.15) is 4.88 Å². The number of aromatic carboxylic acids is 1. The summed E-state index contributed by atoms with van der Waals surface area (Å²) in [4.78, 5) is 18.3. The third kappa shape index (κ3) is 4.20. The third-order valence-electron chi connectivity index (χ3n) is 3.09. The van der Waals surface area contributed by atoms with Crippen LogP contribution >= 0.6 is 11.3 Å². The second-order valence-corrected chi connectivity index (χ2v) is 5.90. The molecule has 0 saturated carbocycles. The number of carboxylic acids is 1. The van der Waals surface area contributed by atoms with E-state index in [-0.39, 0.29) is 0 Å². The van der Waals surface area contributed by atoms with Crippen molar-refractivity contribution >= 4 is 22.4 Å². The number of carbonyl (C=O) groups is 1. The van der Waals surface area contributed by atoms with E-state index in [0.29, 0.717) is 23.0 Å². The average Bonchev–Trinajstić information content (AvgIpc) is 2.78. The second kappa shape index (κ2) is 7.48. The van der Waals surface area contributed by atoms with E-state index in [9.17, 15) is 9.90 Å². The summed E-state index contributed by atoms with van der Waals surface area (Å²) in [7, 11) is 0. The van der Waals surface area contributed by atoms with Crippen LogP contribution in [0.2, 0.25) is 0 Å². The molecule has 4 nitrogen and oxygen atoms in total. The summed E-state index contributed by atoms with van der Waals surface area (Å²) in [5.41, 5.74) is 0.702. The number of aromatic nitrogens is 1. The monoisotopic (exact) mass is 284 g/mol. The van der Waals surface area contributed by atoms with Crippen molar-refractivity contribution in [3.8, 4) is 0 Å². The zero-order valence-corrected chi connectivity index (χ0v) is 13.1. The van der Waals surface area contributed by atoms with Gasteiger partial charge in [-0.05, 0) is 26.7 Å². The minimum atomic E-state index is -0.863. The molecule has 0 aliphatic rings. The molecule has 0 amide bonds. The number of hydrogen-bond acceptors (Lipinski definition) is 4. The first-order valence-electron chi connectivity index (χ1n) is 7.00. The van der Waals surface area contributed by atoms with Gasteiger partial charge < -0.3 is 10.0 Å². The van der Waals surface area contributed by atoms with E-state index in [1.165, 1.54) is 24.2 Å². The predicted octanol–water partition coefficient (Wildman–Crippen LogP) is 3.81. The summed E-state index contributed by atoms with van der Waals surface area (Å²) in [6.45, 7) is 9.32. The van der Waals surface area contributed by atoms with E-state index in [4.69, 9.17) is 0 Å². The molecule has 108 valence electrons. The van der Waals surface area contributed by atoms with Crippen LogP contribution in [0.25, 0.3) is 0 Å². The number of nitrogens with zero attached hydrogens (tertiary/aromatic N) is 2.